The van der Waals surface area contributed by atoms with Crippen molar-refractivity contribution in [3.05, 3.63) is 108 Å². The molecular weight excluding hydrogens is 375 g/mol. The summed E-state index contributed by atoms with van der Waals surface area (Å²) in [5, 5.41) is -1.15. The summed E-state index contributed by atoms with van der Waals surface area (Å²) in [6, 6.07) is 28.9. The summed E-state index contributed by atoms with van der Waals surface area (Å²) < 4.78 is 19.7. The second-order valence-corrected chi connectivity index (χ2v) is 9.21. The Balaban J connectivity index is 2.36. The third-order valence-electron chi connectivity index (χ3n) is 4.45. The molecule has 0 fully saturated rings. The molecule has 27 heavy (non-hydrogen) atoms. The van der Waals surface area contributed by atoms with Gasteiger partial charge in [-0.2, -0.15) is 0 Å². The van der Waals surface area contributed by atoms with Gasteiger partial charge in [0.15, 0.2) is 0 Å². The maximum Gasteiger partial charge on any atom is 0.310 e. The lowest BCUT2D eigenvalue weighted by Crippen LogP contribution is -2.29. The van der Waals surface area contributed by atoms with E-state index in [1.54, 1.807) is 6.92 Å². The normalized spacial score (nSPS) is 13.3. The van der Waals surface area contributed by atoms with Gasteiger partial charge in [-0.25, -0.2) is 0 Å². The summed E-state index contributed by atoms with van der Waals surface area (Å²) in [5.74, 6) is 5.56. The fraction of sp³-hybridized carbons (Fsp3) is 0.130. The first-order valence-electron chi connectivity index (χ1n) is 8.63. The van der Waals surface area contributed by atoms with Gasteiger partial charge in [0.25, 0.3) is 0 Å². The largest absolute Gasteiger partial charge is 0.310 e. The van der Waals surface area contributed by atoms with Crippen LogP contribution in [0.15, 0.2) is 91.0 Å². The van der Waals surface area contributed by atoms with Crippen LogP contribution in [0.1, 0.15) is 23.6 Å². The molecule has 0 heterocycles. The molecule has 0 saturated carbocycles. The van der Waals surface area contributed by atoms with Crippen molar-refractivity contribution in [1.29, 1.82) is 0 Å². The number of hydrogen-bond donors (Lipinski definition) is 0. The lowest BCUT2D eigenvalue weighted by Gasteiger charge is -2.38. The molecule has 1 unspecified atom stereocenters. The molecule has 136 valence electrons. The molecule has 0 spiro atoms. The monoisotopic (exact) mass is 394 g/mol. The van der Waals surface area contributed by atoms with Gasteiger partial charge >= 0.3 is 6.72 Å². The maximum atomic E-state index is 14.0. The fourth-order valence-electron chi connectivity index (χ4n) is 3.28. The second-order valence-electron chi connectivity index (χ2n) is 5.99. The van der Waals surface area contributed by atoms with Crippen molar-refractivity contribution >= 4 is 18.0 Å². The molecule has 0 amide bonds. The number of hydrogen-bond acceptors (Lipinski definition) is 2. The molecule has 3 aromatic carbocycles. The lowest BCUT2D eigenvalue weighted by molar-refractivity contribution is 0.358. The molecule has 0 N–H and O–H groups in total. The number of benzene rings is 3. The highest BCUT2D eigenvalue weighted by Crippen LogP contribution is 2.73. The van der Waals surface area contributed by atoms with Crippen LogP contribution in [-0.4, -0.2) is 6.61 Å². The van der Waals surface area contributed by atoms with E-state index in [0.717, 1.165) is 16.7 Å². The van der Waals surface area contributed by atoms with Crippen molar-refractivity contribution in [2.75, 3.05) is 6.61 Å². The molecule has 4 heteroatoms. The molecule has 1 atom stereocenters. The Bertz CT molecular complexity index is 880. The van der Waals surface area contributed by atoms with Crippen molar-refractivity contribution < 1.29 is 9.09 Å². The van der Waals surface area contributed by atoms with Gasteiger partial charge in [0.2, 0.25) is 0 Å². The van der Waals surface area contributed by atoms with E-state index < -0.39 is 11.9 Å². The minimum absolute atomic E-state index is 0.00548. The van der Waals surface area contributed by atoms with E-state index in [1.165, 1.54) is 0 Å². The van der Waals surface area contributed by atoms with Gasteiger partial charge in [0.05, 0.1) is 0 Å². The van der Waals surface area contributed by atoms with Crippen LogP contribution in [-0.2, 0) is 14.2 Å². The van der Waals surface area contributed by atoms with Crippen LogP contribution in [0, 0.1) is 11.8 Å². The molecule has 0 aromatic heterocycles. The van der Waals surface area contributed by atoms with Crippen LogP contribution in [0.5, 0.6) is 0 Å². The van der Waals surface area contributed by atoms with E-state index in [4.69, 9.17) is 15.8 Å². The minimum Gasteiger partial charge on any atom is -0.303 e. The Hall–Kier alpha value is -2.30. The van der Waals surface area contributed by atoms with E-state index in [0.29, 0.717) is 0 Å². The minimum atomic E-state index is -3.76. The summed E-state index contributed by atoms with van der Waals surface area (Å²) in [7, 11) is 0. The Labute approximate surface area is 165 Å². The Morgan fingerprint density at radius 2 is 1.19 bits per heavy atom. The predicted molar refractivity (Wildman–Crippen MR) is 112 cm³/mol. The summed E-state index contributed by atoms with van der Waals surface area (Å²) in [4.78, 5) is 0. The van der Waals surface area contributed by atoms with Crippen LogP contribution in [0.2, 0.25) is 0 Å². The average Bonchev–Trinajstić information content (AvgIpc) is 2.71. The summed E-state index contributed by atoms with van der Waals surface area (Å²) in [5.41, 5.74) is 2.43. The van der Waals surface area contributed by atoms with Crippen molar-refractivity contribution in [3.8, 4) is 11.8 Å². The van der Waals surface area contributed by atoms with Gasteiger partial charge < -0.3 is 4.52 Å². The zero-order valence-corrected chi connectivity index (χ0v) is 16.7. The van der Waals surface area contributed by atoms with Gasteiger partial charge in [0, 0.05) is 0 Å². The molecule has 0 bridgehead atoms. The Kier molecular flexibility index (Phi) is 6.19. The van der Waals surface area contributed by atoms with E-state index in [9.17, 15) is 4.57 Å². The average molecular weight is 395 g/mol. The van der Waals surface area contributed by atoms with Crippen molar-refractivity contribution in [3.63, 3.8) is 0 Å². The number of halogens is 1. The maximum absolute atomic E-state index is 14.0. The topological polar surface area (TPSA) is 26.3 Å². The second kappa shape index (κ2) is 8.59. The van der Waals surface area contributed by atoms with Gasteiger partial charge in [-0.05, 0) is 34.9 Å². The summed E-state index contributed by atoms with van der Waals surface area (Å²) in [6.07, 6.45) is 0. The van der Waals surface area contributed by atoms with Crippen molar-refractivity contribution in [2.24, 2.45) is 0 Å². The predicted octanol–water partition coefficient (Wildman–Crippen LogP) is 6.45. The van der Waals surface area contributed by atoms with E-state index in [-0.39, 0.29) is 6.61 Å². The third-order valence-corrected chi connectivity index (χ3v) is 7.55. The molecule has 3 aromatic rings. The highest BCUT2D eigenvalue weighted by atomic mass is 35.7. The molecule has 0 saturated heterocycles. The molecule has 0 aliphatic heterocycles. The molecule has 0 aliphatic rings. The highest BCUT2D eigenvalue weighted by Gasteiger charge is 2.52. The SMILES string of the molecule is CC#CCOP(=O)(Cl)C(c1ccccc1)(c1ccccc1)c1ccccc1. The Morgan fingerprint density at radius 3 is 1.52 bits per heavy atom. The van der Waals surface area contributed by atoms with E-state index in [1.807, 2.05) is 91.0 Å². The van der Waals surface area contributed by atoms with Crippen LogP contribution >= 0.6 is 18.0 Å². The van der Waals surface area contributed by atoms with Crippen LogP contribution in [0.3, 0.4) is 0 Å². The van der Waals surface area contributed by atoms with E-state index >= 15 is 0 Å². The van der Waals surface area contributed by atoms with Crippen molar-refractivity contribution in [1.82, 2.24) is 0 Å². The first-order valence-corrected chi connectivity index (χ1v) is 11.2. The summed E-state index contributed by atoms with van der Waals surface area (Å²) >= 11 is 6.76. The van der Waals surface area contributed by atoms with Gasteiger partial charge in [-0.1, -0.05) is 96.9 Å². The quantitative estimate of drug-likeness (QED) is 0.273. The van der Waals surface area contributed by atoms with Crippen molar-refractivity contribution in [2.45, 2.75) is 12.1 Å². The standard InChI is InChI=1S/C23H20ClO2P/c1-2-3-19-26-27(24,25)23(20-13-7-4-8-14-20,21-15-9-5-10-16-21)22-17-11-6-12-18-22/h4-18H,19H2,1H3. The first-order chi connectivity index (χ1) is 13.1. The molecule has 3 rings (SSSR count). The smallest absolute Gasteiger partial charge is 0.303 e. The van der Waals surface area contributed by atoms with Crippen LogP contribution in [0.25, 0.3) is 0 Å². The fourth-order valence-corrected chi connectivity index (χ4v) is 6.11. The van der Waals surface area contributed by atoms with Gasteiger partial charge in [-0.3, -0.25) is 4.57 Å². The third kappa shape index (κ3) is 3.73. The van der Waals surface area contributed by atoms with Crippen LogP contribution in [0.4, 0.5) is 0 Å². The zero-order chi connectivity index (χ0) is 19.2. The van der Waals surface area contributed by atoms with Crippen LogP contribution < -0.4 is 0 Å². The van der Waals surface area contributed by atoms with Gasteiger partial charge in [-0.15, -0.1) is 5.92 Å². The summed E-state index contributed by atoms with van der Waals surface area (Å²) in [6.45, 7) is -2.04. The van der Waals surface area contributed by atoms with E-state index in [2.05, 4.69) is 11.8 Å². The molecule has 0 aliphatic carbocycles. The zero-order valence-electron chi connectivity index (χ0n) is 15.0. The first kappa shape index (κ1) is 19.5. The molecule has 2 nitrogen and oxygen atoms in total. The highest BCUT2D eigenvalue weighted by molar-refractivity contribution is 7.86. The number of rotatable bonds is 6. The Morgan fingerprint density at radius 1 is 0.815 bits per heavy atom. The van der Waals surface area contributed by atoms with Gasteiger partial charge in [0.1, 0.15) is 11.8 Å². The molecular formula is C23H20ClO2P. The molecule has 0 radical (unpaired) electrons. The lowest BCUT2D eigenvalue weighted by atomic mass is 9.84.